The van der Waals surface area contributed by atoms with Gasteiger partial charge in [-0.1, -0.05) is 30.3 Å². The summed E-state index contributed by atoms with van der Waals surface area (Å²) in [6, 6.07) is 13.0. The standard InChI is InChI=1S/C17H12FNO/c18-12-7-8-13-15-11(6-9-14(20)16(12)15)17(19-13)10-4-2-1-3-5-10/h1-5,7-8,19H,6,9H2. The number of carbonyl (C=O) groups excluding carboxylic acids is 1. The quantitative estimate of drug-likeness (QED) is 0.706. The first kappa shape index (κ1) is 11.4. The van der Waals surface area contributed by atoms with Crippen molar-refractivity contribution in [3.63, 3.8) is 0 Å². The van der Waals surface area contributed by atoms with Crippen molar-refractivity contribution in [2.75, 3.05) is 0 Å². The Labute approximate surface area is 115 Å². The highest BCUT2D eigenvalue weighted by atomic mass is 19.1. The van der Waals surface area contributed by atoms with Crippen molar-refractivity contribution in [1.82, 2.24) is 4.98 Å². The number of H-pyrrole nitrogens is 1. The first-order chi connectivity index (χ1) is 9.75. The minimum atomic E-state index is -0.415. The first-order valence-electron chi connectivity index (χ1n) is 6.67. The zero-order chi connectivity index (χ0) is 13.7. The topological polar surface area (TPSA) is 32.9 Å². The number of hydrogen-bond donors (Lipinski definition) is 1. The van der Waals surface area contributed by atoms with Crippen molar-refractivity contribution in [2.24, 2.45) is 0 Å². The average Bonchev–Trinajstić information content (AvgIpc) is 2.85. The zero-order valence-electron chi connectivity index (χ0n) is 10.7. The molecule has 1 aliphatic rings. The van der Waals surface area contributed by atoms with Gasteiger partial charge in [-0.2, -0.15) is 0 Å². The van der Waals surface area contributed by atoms with Crippen LogP contribution in [0.4, 0.5) is 4.39 Å². The molecule has 4 rings (SSSR count). The number of hydrogen-bond acceptors (Lipinski definition) is 1. The van der Waals surface area contributed by atoms with Gasteiger partial charge < -0.3 is 4.98 Å². The van der Waals surface area contributed by atoms with E-state index in [2.05, 4.69) is 4.98 Å². The molecule has 98 valence electrons. The molecule has 20 heavy (non-hydrogen) atoms. The van der Waals surface area contributed by atoms with Crippen LogP contribution in [-0.2, 0) is 6.42 Å². The van der Waals surface area contributed by atoms with Crippen LogP contribution in [0.2, 0.25) is 0 Å². The van der Waals surface area contributed by atoms with Crippen LogP contribution in [0.25, 0.3) is 22.2 Å². The lowest BCUT2D eigenvalue weighted by molar-refractivity contribution is 0.0978. The molecule has 0 saturated heterocycles. The lowest BCUT2D eigenvalue weighted by atomic mass is 9.89. The van der Waals surface area contributed by atoms with Crippen LogP contribution in [0.3, 0.4) is 0 Å². The van der Waals surface area contributed by atoms with Crippen LogP contribution in [-0.4, -0.2) is 10.8 Å². The minimum Gasteiger partial charge on any atom is -0.354 e. The van der Waals surface area contributed by atoms with Gasteiger partial charge in [-0.3, -0.25) is 4.79 Å². The summed E-state index contributed by atoms with van der Waals surface area (Å²) in [4.78, 5) is 15.3. The van der Waals surface area contributed by atoms with Crippen LogP contribution in [0, 0.1) is 5.82 Å². The molecule has 0 bridgehead atoms. The van der Waals surface area contributed by atoms with E-state index in [4.69, 9.17) is 0 Å². The van der Waals surface area contributed by atoms with Crippen LogP contribution in [0.15, 0.2) is 42.5 Å². The first-order valence-corrected chi connectivity index (χ1v) is 6.67. The number of Topliss-reactive ketones (excluding diaryl/α,β-unsaturated/α-hetero) is 1. The maximum Gasteiger partial charge on any atom is 0.166 e. The van der Waals surface area contributed by atoms with Crippen LogP contribution < -0.4 is 0 Å². The monoisotopic (exact) mass is 265 g/mol. The highest BCUT2D eigenvalue weighted by molar-refractivity contribution is 6.12. The Kier molecular flexibility index (Phi) is 2.30. The number of nitrogens with one attached hydrogen (secondary N) is 1. The lowest BCUT2D eigenvalue weighted by Crippen LogP contribution is -2.10. The normalized spacial score (nSPS) is 13.9. The van der Waals surface area contributed by atoms with Crippen LogP contribution in [0.1, 0.15) is 22.3 Å². The van der Waals surface area contributed by atoms with Gasteiger partial charge in [0.05, 0.1) is 5.56 Å². The second-order valence-electron chi connectivity index (χ2n) is 5.11. The molecule has 0 spiro atoms. The molecule has 1 aliphatic carbocycles. The minimum absolute atomic E-state index is 0.0980. The Balaban J connectivity index is 2.10. The van der Waals surface area contributed by atoms with Crippen LogP contribution in [0.5, 0.6) is 0 Å². The molecule has 0 aliphatic heterocycles. The molecule has 0 unspecified atom stereocenters. The molecule has 0 amide bonds. The molecule has 0 radical (unpaired) electrons. The fraction of sp³-hybridized carbons (Fsp3) is 0.118. The highest BCUT2D eigenvalue weighted by Crippen LogP contribution is 2.37. The fourth-order valence-electron chi connectivity index (χ4n) is 3.07. The van der Waals surface area contributed by atoms with E-state index < -0.39 is 5.82 Å². The second kappa shape index (κ2) is 4.04. The number of aryl methyl sites for hydroxylation is 1. The van der Waals surface area contributed by atoms with Gasteiger partial charge in [0.1, 0.15) is 5.82 Å². The SMILES string of the molecule is O=C1CCc2c(-c3ccccc3)[nH]c3ccc(F)c1c23. The Morgan fingerprint density at radius 1 is 1.00 bits per heavy atom. The molecule has 0 saturated carbocycles. The number of halogens is 1. The van der Waals surface area contributed by atoms with E-state index in [1.165, 1.54) is 6.07 Å². The lowest BCUT2D eigenvalue weighted by Gasteiger charge is -2.13. The number of benzene rings is 2. The van der Waals surface area contributed by atoms with Crippen LogP contribution >= 0.6 is 0 Å². The largest absolute Gasteiger partial charge is 0.354 e. The summed E-state index contributed by atoms with van der Waals surface area (Å²) in [5.41, 5.74) is 4.21. The fourth-order valence-corrected chi connectivity index (χ4v) is 3.07. The number of carbonyl (C=O) groups is 1. The summed E-state index contributed by atoms with van der Waals surface area (Å²) in [5, 5.41) is 0.764. The molecule has 2 aromatic carbocycles. The number of aromatic nitrogens is 1. The van der Waals surface area contributed by atoms with Gasteiger partial charge in [-0.25, -0.2) is 4.39 Å². The summed E-state index contributed by atoms with van der Waals surface area (Å²) in [5.74, 6) is -0.513. The van der Waals surface area contributed by atoms with Gasteiger partial charge >= 0.3 is 0 Å². The summed E-state index contributed by atoms with van der Waals surface area (Å²) < 4.78 is 14.0. The van der Waals surface area contributed by atoms with Gasteiger partial charge in [0.15, 0.2) is 5.78 Å². The summed E-state index contributed by atoms with van der Waals surface area (Å²) in [7, 11) is 0. The van der Waals surface area contributed by atoms with Crippen molar-refractivity contribution in [3.8, 4) is 11.3 Å². The summed E-state index contributed by atoms with van der Waals surface area (Å²) in [6.07, 6.45) is 1.04. The number of aromatic amines is 1. The molecular formula is C17H12FNO. The van der Waals surface area contributed by atoms with E-state index in [0.717, 1.165) is 27.7 Å². The van der Waals surface area contributed by atoms with Gasteiger partial charge in [0.25, 0.3) is 0 Å². The van der Waals surface area contributed by atoms with E-state index >= 15 is 0 Å². The smallest absolute Gasteiger partial charge is 0.166 e. The third-order valence-corrected chi connectivity index (χ3v) is 3.96. The maximum atomic E-state index is 14.0. The van der Waals surface area contributed by atoms with Crippen molar-refractivity contribution in [1.29, 1.82) is 0 Å². The Bertz CT molecular complexity index is 833. The van der Waals surface area contributed by atoms with Crippen molar-refractivity contribution in [2.45, 2.75) is 12.8 Å². The molecule has 0 fully saturated rings. The average molecular weight is 265 g/mol. The number of ketones is 1. The highest BCUT2D eigenvalue weighted by Gasteiger charge is 2.26. The molecule has 1 aromatic heterocycles. The Morgan fingerprint density at radius 3 is 2.60 bits per heavy atom. The Morgan fingerprint density at radius 2 is 1.80 bits per heavy atom. The van der Waals surface area contributed by atoms with Gasteiger partial charge in [0.2, 0.25) is 0 Å². The maximum absolute atomic E-state index is 14.0. The second-order valence-corrected chi connectivity index (χ2v) is 5.11. The predicted molar refractivity (Wildman–Crippen MR) is 76.3 cm³/mol. The molecule has 2 nitrogen and oxygen atoms in total. The number of rotatable bonds is 1. The molecule has 3 heteroatoms. The molecule has 1 N–H and O–H groups in total. The molecular weight excluding hydrogens is 253 g/mol. The van der Waals surface area contributed by atoms with Crippen molar-refractivity contribution < 1.29 is 9.18 Å². The van der Waals surface area contributed by atoms with E-state index in [1.54, 1.807) is 6.07 Å². The molecule has 1 heterocycles. The molecule has 0 atom stereocenters. The van der Waals surface area contributed by atoms with E-state index in [0.29, 0.717) is 12.8 Å². The van der Waals surface area contributed by atoms with E-state index in [1.807, 2.05) is 30.3 Å². The third-order valence-electron chi connectivity index (χ3n) is 3.96. The summed E-state index contributed by atoms with van der Waals surface area (Å²) in [6.45, 7) is 0. The third kappa shape index (κ3) is 1.46. The van der Waals surface area contributed by atoms with Gasteiger partial charge in [0, 0.05) is 23.0 Å². The van der Waals surface area contributed by atoms with E-state index in [-0.39, 0.29) is 11.3 Å². The van der Waals surface area contributed by atoms with E-state index in [9.17, 15) is 9.18 Å². The Hall–Kier alpha value is -2.42. The van der Waals surface area contributed by atoms with Crippen molar-refractivity contribution >= 4 is 16.7 Å². The van der Waals surface area contributed by atoms with Crippen molar-refractivity contribution in [3.05, 3.63) is 59.4 Å². The molecule has 3 aromatic rings. The van der Waals surface area contributed by atoms with Gasteiger partial charge in [-0.15, -0.1) is 0 Å². The zero-order valence-corrected chi connectivity index (χ0v) is 10.7. The predicted octanol–water partition coefficient (Wildman–Crippen LogP) is 4.10. The van der Waals surface area contributed by atoms with Gasteiger partial charge in [-0.05, 0) is 29.7 Å². The summed E-state index contributed by atoms with van der Waals surface area (Å²) >= 11 is 0.